The maximum Gasteiger partial charge on any atom is 0.273 e. The molecule has 0 aliphatic rings. The second-order valence-corrected chi connectivity index (χ2v) is 6.71. The molecule has 10 nitrogen and oxygen atoms in total. The summed E-state index contributed by atoms with van der Waals surface area (Å²) in [5.74, 6) is 0.719. The molecule has 0 radical (unpaired) electrons. The molecule has 0 saturated heterocycles. The molecule has 3 rings (SSSR count). The van der Waals surface area contributed by atoms with Gasteiger partial charge in [0.2, 0.25) is 5.91 Å². The zero-order valence-corrected chi connectivity index (χ0v) is 16.5. The first kappa shape index (κ1) is 20.3. The van der Waals surface area contributed by atoms with Gasteiger partial charge in [0.1, 0.15) is 5.75 Å². The Labute approximate surface area is 170 Å². The molecule has 0 bridgehead atoms. The number of nitrogens with one attached hydrogen (secondary N) is 1. The largest absolute Gasteiger partial charge is 0.494 e. The number of nitro groups is 1. The van der Waals surface area contributed by atoms with Crippen molar-refractivity contribution in [3.8, 4) is 17.1 Å². The van der Waals surface area contributed by atoms with E-state index in [-0.39, 0.29) is 23.1 Å². The summed E-state index contributed by atoms with van der Waals surface area (Å²) in [6.45, 7) is 2.62. The monoisotopic (exact) mass is 414 g/mol. The van der Waals surface area contributed by atoms with E-state index in [1.54, 1.807) is 12.4 Å². The van der Waals surface area contributed by atoms with E-state index in [1.165, 1.54) is 37.1 Å². The number of ether oxygens (including phenoxy) is 1. The molecular formula is C18H18N6O4S. The van der Waals surface area contributed by atoms with Crippen LogP contribution in [-0.4, -0.2) is 43.4 Å². The summed E-state index contributed by atoms with van der Waals surface area (Å²) in [5, 5.41) is 22.6. The third kappa shape index (κ3) is 4.69. The number of non-ortho nitro benzene ring substituents is 1. The van der Waals surface area contributed by atoms with Crippen LogP contribution in [0.4, 0.5) is 11.4 Å². The number of carbonyl (C=O) groups is 1. The zero-order chi connectivity index (χ0) is 20.8. The van der Waals surface area contributed by atoms with Gasteiger partial charge in [0.05, 0.1) is 29.5 Å². The van der Waals surface area contributed by atoms with Gasteiger partial charge in [-0.25, -0.2) is 0 Å². The summed E-state index contributed by atoms with van der Waals surface area (Å²) < 4.78 is 7.05. The van der Waals surface area contributed by atoms with Gasteiger partial charge in [-0.3, -0.25) is 19.9 Å². The standard InChI is InChI=1S/C18H18N6O4S/c1-3-23-17(12-6-8-19-9-7-12)21-22-18(23)29-11-16(25)20-14-5-4-13(24(26)27)10-15(14)28-2/h4-10H,3,11H2,1-2H3,(H,20,25). The summed E-state index contributed by atoms with van der Waals surface area (Å²) in [4.78, 5) is 26.7. The van der Waals surface area contributed by atoms with Gasteiger partial charge in [0, 0.05) is 30.6 Å². The second-order valence-electron chi connectivity index (χ2n) is 5.76. The number of aromatic nitrogens is 4. The van der Waals surface area contributed by atoms with E-state index < -0.39 is 4.92 Å². The van der Waals surface area contributed by atoms with Gasteiger partial charge in [0.15, 0.2) is 11.0 Å². The van der Waals surface area contributed by atoms with Crippen LogP contribution < -0.4 is 10.1 Å². The lowest BCUT2D eigenvalue weighted by molar-refractivity contribution is -0.384. The molecule has 2 heterocycles. The Kier molecular flexibility index (Phi) is 6.39. The number of anilines is 1. The van der Waals surface area contributed by atoms with E-state index in [2.05, 4.69) is 20.5 Å². The zero-order valence-electron chi connectivity index (χ0n) is 15.7. The molecule has 1 amide bonds. The number of thioether (sulfide) groups is 1. The Morgan fingerprint density at radius 1 is 1.28 bits per heavy atom. The minimum absolute atomic E-state index is 0.0919. The molecule has 1 N–H and O–H groups in total. The van der Waals surface area contributed by atoms with Crippen LogP contribution in [0.5, 0.6) is 5.75 Å². The van der Waals surface area contributed by atoms with Crippen molar-refractivity contribution in [2.75, 3.05) is 18.2 Å². The Bertz CT molecular complexity index is 1020. The van der Waals surface area contributed by atoms with Crippen LogP contribution in [0, 0.1) is 10.1 Å². The number of methoxy groups -OCH3 is 1. The van der Waals surface area contributed by atoms with Gasteiger partial charge >= 0.3 is 0 Å². The third-order valence-corrected chi connectivity index (χ3v) is 4.94. The van der Waals surface area contributed by atoms with Crippen LogP contribution in [0.3, 0.4) is 0 Å². The first-order valence-corrected chi connectivity index (χ1v) is 9.60. The van der Waals surface area contributed by atoms with Crippen molar-refractivity contribution in [1.82, 2.24) is 19.7 Å². The second kappa shape index (κ2) is 9.15. The van der Waals surface area contributed by atoms with Crippen LogP contribution in [-0.2, 0) is 11.3 Å². The van der Waals surface area contributed by atoms with Gasteiger partial charge in [-0.05, 0) is 25.1 Å². The summed E-state index contributed by atoms with van der Waals surface area (Å²) in [6, 6.07) is 7.70. The SMILES string of the molecule is CCn1c(SCC(=O)Nc2ccc([N+](=O)[O-])cc2OC)nnc1-c1ccncc1. The Hall–Kier alpha value is -3.47. The van der Waals surface area contributed by atoms with E-state index in [0.717, 1.165) is 5.56 Å². The fourth-order valence-electron chi connectivity index (χ4n) is 2.61. The van der Waals surface area contributed by atoms with E-state index in [0.29, 0.717) is 23.2 Å². The van der Waals surface area contributed by atoms with Crippen LogP contribution in [0.1, 0.15) is 6.92 Å². The van der Waals surface area contributed by atoms with Gasteiger partial charge in [-0.2, -0.15) is 0 Å². The molecule has 3 aromatic rings. The molecule has 0 aliphatic carbocycles. The van der Waals surface area contributed by atoms with Crippen molar-refractivity contribution in [2.45, 2.75) is 18.6 Å². The van der Waals surface area contributed by atoms with Crippen molar-refractivity contribution in [3.05, 3.63) is 52.8 Å². The van der Waals surface area contributed by atoms with Gasteiger partial charge in [-0.15, -0.1) is 10.2 Å². The molecule has 0 atom stereocenters. The van der Waals surface area contributed by atoms with Gasteiger partial charge in [0.25, 0.3) is 5.69 Å². The van der Waals surface area contributed by atoms with Crippen molar-refractivity contribution in [2.24, 2.45) is 0 Å². The molecule has 29 heavy (non-hydrogen) atoms. The van der Waals surface area contributed by atoms with E-state index >= 15 is 0 Å². The molecule has 150 valence electrons. The lowest BCUT2D eigenvalue weighted by atomic mass is 10.2. The summed E-state index contributed by atoms with van der Waals surface area (Å²) in [7, 11) is 1.38. The highest BCUT2D eigenvalue weighted by molar-refractivity contribution is 7.99. The van der Waals surface area contributed by atoms with E-state index in [4.69, 9.17) is 4.74 Å². The number of benzene rings is 1. The minimum atomic E-state index is -0.526. The first-order chi connectivity index (χ1) is 14.0. The lowest BCUT2D eigenvalue weighted by Gasteiger charge is -2.10. The molecule has 0 saturated carbocycles. The maximum atomic E-state index is 12.4. The number of carbonyl (C=O) groups excluding carboxylic acids is 1. The minimum Gasteiger partial charge on any atom is -0.494 e. The quantitative estimate of drug-likeness (QED) is 0.339. The topological polar surface area (TPSA) is 125 Å². The van der Waals surface area contributed by atoms with Crippen molar-refractivity contribution >= 4 is 29.0 Å². The van der Waals surface area contributed by atoms with Crippen LogP contribution >= 0.6 is 11.8 Å². The smallest absolute Gasteiger partial charge is 0.273 e. The average Bonchev–Trinajstić information content (AvgIpc) is 3.16. The van der Waals surface area contributed by atoms with Crippen LogP contribution in [0.15, 0.2) is 47.9 Å². The summed E-state index contributed by atoms with van der Waals surface area (Å²) in [6.07, 6.45) is 3.36. The highest BCUT2D eigenvalue weighted by atomic mass is 32.2. The number of hydrogen-bond donors (Lipinski definition) is 1. The van der Waals surface area contributed by atoms with Gasteiger partial charge in [-0.1, -0.05) is 11.8 Å². The average molecular weight is 414 g/mol. The molecule has 0 spiro atoms. The first-order valence-electron chi connectivity index (χ1n) is 8.62. The van der Waals surface area contributed by atoms with Crippen molar-refractivity contribution in [1.29, 1.82) is 0 Å². The molecule has 2 aromatic heterocycles. The molecule has 0 fully saturated rings. The Morgan fingerprint density at radius 3 is 2.69 bits per heavy atom. The molecule has 0 aliphatic heterocycles. The third-order valence-electron chi connectivity index (χ3n) is 3.97. The number of amides is 1. The number of rotatable bonds is 8. The number of nitro benzene ring substituents is 1. The predicted molar refractivity (Wildman–Crippen MR) is 108 cm³/mol. The highest BCUT2D eigenvalue weighted by Crippen LogP contribution is 2.29. The molecule has 11 heteroatoms. The van der Waals surface area contributed by atoms with Gasteiger partial charge < -0.3 is 14.6 Å². The van der Waals surface area contributed by atoms with Crippen molar-refractivity contribution in [3.63, 3.8) is 0 Å². The predicted octanol–water partition coefficient (Wildman–Crippen LogP) is 3.01. The molecule has 1 aromatic carbocycles. The maximum absolute atomic E-state index is 12.4. The highest BCUT2D eigenvalue weighted by Gasteiger charge is 2.16. The fraction of sp³-hybridized carbons (Fsp3) is 0.222. The number of nitrogens with zero attached hydrogens (tertiary/aromatic N) is 5. The van der Waals surface area contributed by atoms with E-state index in [9.17, 15) is 14.9 Å². The van der Waals surface area contributed by atoms with Crippen molar-refractivity contribution < 1.29 is 14.5 Å². The Balaban J connectivity index is 1.69. The lowest BCUT2D eigenvalue weighted by Crippen LogP contribution is -2.15. The number of pyridine rings is 1. The normalized spacial score (nSPS) is 10.6. The Morgan fingerprint density at radius 2 is 2.03 bits per heavy atom. The summed E-state index contributed by atoms with van der Waals surface area (Å²) in [5.41, 5.74) is 1.13. The van der Waals surface area contributed by atoms with E-state index in [1.807, 2.05) is 23.6 Å². The summed E-state index contributed by atoms with van der Waals surface area (Å²) >= 11 is 1.25. The molecule has 0 unspecified atom stereocenters. The molecular weight excluding hydrogens is 396 g/mol. The number of hydrogen-bond acceptors (Lipinski definition) is 8. The van der Waals surface area contributed by atoms with Crippen LogP contribution in [0.25, 0.3) is 11.4 Å². The fourth-order valence-corrected chi connectivity index (χ4v) is 3.41. The van der Waals surface area contributed by atoms with Crippen LogP contribution in [0.2, 0.25) is 0 Å².